The Bertz CT molecular complexity index is 1150. The lowest BCUT2D eigenvalue weighted by Crippen LogP contribution is -2.29. The molecule has 1 atom stereocenters. The molecule has 0 saturated carbocycles. The molecule has 1 N–H and O–H groups in total. The Morgan fingerprint density at radius 2 is 1.55 bits per heavy atom. The SMILES string of the molecule is Cc1ccc(/C(O)=C2\C(=O)C(=O)N(c3ccc(N(C)C)cc3)C2c2ccncc2)cc1. The zero-order chi connectivity index (χ0) is 22.1. The molecule has 0 spiro atoms. The summed E-state index contributed by atoms with van der Waals surface area (Å²) in [6, 6.07) is 17.3. The molecule has 31 heavy (non-hydrogen) atoms. The summed E-state index contributed by atoms with van der Waals surface area (Å²) in [5.41, 5.74) is 3.84. The molecule has 2 heterocycles. The van der Waals surface area contributed by atoms with Crippen molar-refractivity contribution < 1.29 is 14.7 Å². The minimum atomic E-state index is -0.755. The van der Waals surface area contributed by atoms with Crippen LogP contribution in [0.25, 0.3) is 5.76 Å². The van der Waals surface area contributed by atoms with Crippen LogP contribution in [0, 0.1) is 6.92 Å². The first-order chi connectivity index (χ1) is 14.9. The van der Waals surface area contributed by atoms with Crippen molar-refractivity contribution in [2.24, 2.45) is 0 Å². The third-order valence-electron chi connectivity index (χ3n) is 5.44. The molecule has 0 radical (unpaired) electrons. The number of hydrogen-bond acceptors (Lipinski definition) is 5. The number of Topliss-reactive ketones (excluding diaryl/α,β-unsaturated/α-hetero) is 1. The van der Waals surface area contributed by atoms with Crippen LogP contribution in [0.15, 0.2) is 78.6 Å². The van der Waals surface area contributed by atoms with Crippen LogP contribution in [-0.4, -0.2) is 35.9 Å². The number of carbonyl (C=O) groups is 2. The number of pyridine rings is 1. The van der Waals surface area contributed by atoms with Crippen LogP contribution in [0.1, 0.15) is 22.7 Å². The molecule has 2 aromatic carbocycles. The van der Waals surface area contributed by atoms with Crippen molar-refractivity contribution in [3.05, 3.63) is 95.3 Å². The first kappa shape index (κ1) is 20.3. The largest absolute Gasteiger partial charge is 0.507 e. The number of hydrogen-bond donors (Lipinski definition) is 1. The number of ketones is 1. The molecule has 1 fully saturated rings. The average molecular weight is 413 g/mol. The van der Waals surface area contributed by atoms with Crippen molar-refractivity contribution >= 4 is 28.8 Å². The van der Waals surface area contributed by atoms with E-state index in [4.69, 9.17) is 0 Å². The number of aliphatic hydroxyl groups is 1. The first-order valence-corrected chi connectivity index (χ1v) is 9.94. The quantitative estimate of drug-likeness (QED) is 0.396. The maximum Gasteiger partial charge on any atom is 0.300 e. The van der Waals surface area contributed by atoms with Crippen molar-refractivity contribution in [1.82, 2.24) is 4.98 Å². The number of carbonyl (C=O) groups excluding carboxylic acids is 2. The zero-order valence-electron chi connectivity index (χ0n) is 17.6. The number of aromatic nitrogens is 1. The molecule has 1 saturated heterocycles. The van der Waals surface area contributed by atoms with Gasteiger partial charge in [-0.05, 0) is 48.9 Å². The molecular weight excluding hydrogens is 390 g/mol. The van der Waals surface area contributed by atoms with Gasteiger partial charge in [0.2, 0.25) is 0 Å². The van der Waals surface area contributed by atoms with Gasteiger partial charge in [0.1, 0.15) is 5.76 Å². The number of rotatable bonds is 4. The fourth-order valence-electron chi connectivity index (χ4n) is 3.74. The van der Waals surface area contributed by atoms with Crippen LogP contribution >= 0.6 is 0 Å². The number of benzene rings is 2. The molecule has 1 unspecified atom stereocenters. The predicted molar refractivity (Wildman–Crippen MR) is 121 cm³/mol. The van der Waals surface area contributed by atoms with E-state index in [0.29, 0.717) is 16.8 Å². The number of nitrogens with zero attached hydrogens (tertiary/aromatic N) is 3. The zero-order valence-corrected chi connectivity index (χ0v) is 17.6. The molecule has 1 amide bonds. The molecule has 6 heteroatoms. The highest BCUT2D eigenvalue weighted by Gasteiger charge is 2.46. The molecule has 1 aliphatic heterocycles. The molecule has 0 bridgehead atoms. The van der Waals surface area contributed by atoms with Gasteiger partial charge in [0.15, 0.2) is 0 Å². The number of aliphatic hydroxyl groups excluding tert-OH is 1. The van der Waals surface area contributed by atoms with Crippen LogP contribution in [0.3, 0.4) is 0 Å². The second-order valence-electron chi connectivity index (χ2n) is 7.73. The van der Waals surface area contributed by atoms with E-state index in [1.807, 2.05) is 50.2 Å². The lowest BCUT2D eigenvalue weighted by Gasteiger charge is -2.26. The monoisotopic (exact) mass is 413 g/mol. The molecule has 6 nitrogen and oxygen atoms in total. The molecule has 1 aliphatic rings. The highest BCUT2D eigenvalue weighted by atomic mass is 16.3. The van der Waals surface area contributed by atoms with Crippen molar-refractivity contribution in [2.45, 2.75) is 13.0 Å². The Labute approximate surface area is 181 Å². The van der Waals surface area contributed by atoms with Gasteiger partial charge in [-0.15, -0.1) is 0 Å². The summed E-state index contributed by atoms with van der Waals surface area (Å²) in [7, 11) is 3.86. The maximum atomic E-state index is 13.1. The summed E-state index contributed by atoms with van der Waals surface area (Å²) in [6.45, 7) is 1.94. The van der Waals surface area contributed by atoms with Crippen molar-refractivity contribution in [3.8, 4) is 0 Å². The molecule has 1 aromatic heterocycles. The summed E-state index contributed by atoms with van der Waals surface area (Å²) >= 11 is 0. The van der Waals surface area contributed by atoms with Gasteiger partial charge in [0, 0.05) is 43.4 Å². The Hall–Kier alpha value is -3.93. The smallest absolute Gasteiger partial charge is 0.300 e. The van der Waals surface area contributed by atoms with Crippen LogP contribution in [0.2, 0.25) is 0 Å². The van der Waals surface area contributed by atoms with Gasteiger partial charge in [-0.2, -0.15) is 0 Å². The van der Waals surface area contributed by atoms with Gasteiger partial charge >= 0.3 is 0 Å². The number of anilines is 2. The summed E-state index contributed by atoms with van der Waals surface area (Å²) in [4.78, 5) is 33.7. The second-order valence-corrected chi connectivity index (χ2v) is 7.73. The lowest BCUT2D eigenvalue weighted by atomic mass is 9.95. The van der Waals surface area contributed by atoms with Gasteiger partial charge in [-0.25, -0.2) is 0 Å². The average Bonchev–Trinajstić information content (AvgIpc) is 3.05. The molecule has 156 valence electrons. The van der Waals surface area contributed by atoms with E-state index >= 15 is 0 Å². The van der Waals surface area contributed by atoms with E-state index in [1.165, 1.54) is 4.90 Å². The fourth-order valence-corrected chi connectivity index (χ4v) is 3.74. The molecule has 0 aliphatic carbocycles. The Kier molecular flexibility index (Phi) is 5.29. The number of amides is 1. The van der Waals surface area contributed by atoms with Crippen LogP contribution < -0.4 is 9.80 Å². The topological polar surface area (TPSA) is 73.7 Å². The lowest BCUT2D eigenvalue weighted by molar-refractivity contribution is -0.132. The minimum Gasteiger partial charge on any atom is -0.507 e. The van der Waals surface area contributed by atoms with E-state index in [-0.39, 0.29) is 11.3 Å². The summed E-state index contributed by atoms with van der Waals surface area (Å²) in [6.07, 6.45) is 3.22. The van der Waals surface area contributed by atoms with Gasteiger partial charge in [0.25, 0.3) is 11.7 Å². The van der Waals surface area contributed by atoms with Crippen molar-refractivity contribution in [1.29, 1.82) is 0 Å². The molecule has 3 aromatic rings. The van der Waals surface area contributed by atoms with E-state index in [0.717, 1.165) is 11.3 Å². The first-order valence-electron chi connectivity index (χ1n) is 9.94. The van der Waals surface area contributed by atoms with Gasteiger partial charge < -0.3 is 10.0 Å². The van der Waals surface area contributed by atoms with Gasteiger partial charge in [-0.1, -0.05) is 29.8 Å². The summed E-state index contributed by atoms with van der Waals surface area (Å²) in [5, 5.41) is 11.1. The molecule has 4 rings (SSSR count). The van der Waals surface area contributed by atoms with Crippen molar-refractivity contribution in [3.63, 3.8) is 0 Å². The van der Waals surface area contributed by atoms with Gasteiger partial charge in [0.05, 0.1) is 11.6 Å². The Balaban J connectivity index is 1.89. The van der Waals surface area contributed by atoms with Crippen LogP contribution in [0.4, 0.5) is 11.4 Å². The van der Waals surface area contributed by atoms with E-state index in [1.54, 1.807) is 48.8 Å². The number of aryl methyl sites for hydroxylation is 1. The third-order valence-corrected chi connectivity index (χ3v) is 5.44. The predicted octanol–water partition coefficient (Wildman–Crippen LogP) is 4.08. The van der Waals surface area contributed by atoms with Crippen LogP contribution in [-0.2, 0) is 9.59 Å². The van der Waals surface area contributed by atoms with Crippen LogP contribution in [0.5, 0.6) is 0 Å². The highest BCUT2D eigenvalue weighted by Crippen LogP contribution is 2.42. The summed E-state index contributed by atoms with van der Waals surface area (Å²) < 4.78 is 0. The van der Waals surface area contributed by atoms with Crippen molar-refractivity contribution in [2.75, 3.05) is 23.9 Å². The third kappa shape index (κ3) is 3.68. The Morgan fingerprint density at radius 1 is 0.935 bits per heavy atom. The molecular formula is C25H23N3O3. The van der Waals surface area contributed by atoms with E-state index in [2.05, 4.69) is 4.98 Å². The summed E-state index contributed by atoms with van der Waals surface area (Å²) in [5.74, 6) is -1.57. The second kappa shape index (κ2) is 8.07. The maximum absolute atomic E-state index is 13.1. The minimum absolute atomic E-state index is 0.0664. The van der Waals surface area contributed by atoms with E-state index in [9.17, 15) is 14.7 Å². The standard InChI is InChI=1S/C25H23N3O3/c1-16-4-6-18(7-5-16)23(29)21-22(17-12-14-26-15-13-17)28(25(31)24(21)30)20-10-8-19(9-11-20)27(2)3/h4-15,22,29H,1-3H3/b23-21+. The van der Waals surface area contributed by atoms with Gasteiger partial charge in [-0.3, -0.25) is 19.5 Å². The highest BCUT2D eigenvalue weighted by molar-refractivity contribution is 6.51. The normalized spacial score (nSPS) is 17.8. The van der Waals surface area contributed by atoms with E-state index < -0.39 is 17.7 Å². The fraction of sp³-hybridized carbons (Fsp3) is 0.160. The Morgan fingerprint density at radius 3 is 2.13 bits per heavy atom.